The Bertz CT molecular complexity index is 1550. The van der Waals surface area contributed by atoms with Crippen LogP contribution in [0.3, 0.4) is 0 Å². The van der Waals surface area contributed by atoms with Crippen molar-refractivity contribution in [3.63, 3.8) is 0 Å². The minimum atomic E-state index is -1.45. The molecule has 3 aliphatic heterocycles. The van der Waals surface area contributed by atoms with E-state index in [9.17, 15) is 19.5 Å². The lowest BCUT2D eigenvalue weighted by atomic mass is 9.84. The summed E-state index contributed by atoms with van der Waals surface area (Å²) in [7, 11) is 0. The number of halogens is 1. The third-order valence-corrected chi connectivity index (χ3v) is 8.54. The number of amides is 4. The molecule has 4 aliphatic rings. The van der Waals surface area contributed by atoms with Gasteiger partial charge in [-0.25, -0.2) is 14.2 Å². The zero-order valence-electron chi connectivity index (χ0n) is 23.7. The van der Waals surface area contributed by atoms with Gasteiger partial charge in [-0.3, -0.25) is 14.5 Å². The maximum Gasteiger partial charge on any atom is 0.321 e. The van der Waals surface area contributed by atoms with Gasteiger partial charge in [0.25, 0.3) is 5.91 Å². The minimum Gasteiger partial charge on any atom is -0.392 e. The third-order valence-electron chi connectivity index (χ3n) is 8.54. The molecule has 9 nitrogen and oxygen atoms in total. The fourth-order valence-electron chi connectivity index (χ4n) is 6.33. The summed E-state index contributed by atoms with van der Waals surface area (Å²) in [5, 5.41) is 14.8. The first-order valence-electron chi connectivity index (χ1n) is 14.7. The lowest BCUT2D eigenvalue weighted by molar-refractivity contribution is -0.132. The Kier molecular flexibility index (Phi) is 8.20. The van der Waals surface area contributed by atoms with Gasteiger partial charge < -0.3 is 20.6 Å². The SMILES string of the molecule is O=C(Nc1cccc(CO)c1)N[C@@H]1N=C(c2ccccc2F)c2ccccc2N(CC(=O)N2CC3CCC(CC3)C2)C1=O. The molecular weight excluding hydrogens is 549 g/mol. The molecule has 3 aromatic carbocycles. The highest BCUT2D eigenvalue weighted by molar-refractivity contribution is 6.21. The van der Waals surface area contributed by atoms with Crippen molar-refractivity contribution in [2.24, 2.45) is 16.8 Å². The highest BCUT2D eigenvalue weighted by atomic mass is 19.1. The number of para-hydroxylation sites is 1. The Morgan fingerprint density at radius 3 is 2.28 bits per heavy atom. The Morgan fingerprint density at radius 2 is 1.58 bits per heavy atom. The molecule has 3 heterocycles. The van der Waals surface area contributed by atoms with Gasteiger partial charge in [0.05, 0.1) is 18.0 Å². The number of hydrogen-bond donors (Lipinski definition) is 3. The van der Waals surface area contributed by atoms with Gasteiger partial charge in [-0.15, -0.1) is 0 Å². The Labute approximate surface area is 249 Å². The number of aliphatic hydroxyl groups excluding tert-OH is 1. The zero-order valence-corrected chi connectivity index (χ0v) is 23.7. The molecule has 4 amide bonds. The predicted molar refractivity (Wildman–Crippen MR) is 161 cm³/mol. The van der Waals surface area contributed by atoms with Crippen molar-refractivity contribution in [3.05, 3.63) is 95.3 Å². The second-order valence-electron chi connectivity index (χ2n) is 11.4. The summed E-state index contributed by atoms with van der Waals surface area (Å²) in [5.74, 6) is -0.372. The summed E-state index contributed by atoms with van der Waals surface area (Å²) >= 11 is 0. The summed E-state index contributed by atoms with van der Waals surface area (Å²) in [5.41, 5.74) is 2.27. The molecule has 3 N–H and O–H groups in total. The Hall–Kier alpha value is -4.57. The smallest absolute Gasteiger partial charge is 0.321 e. The first-order chi connectivity index (χ1) is 20.9. The number of aliphatic hydroxyl groups is 1. The molecule has 0 unspecified atom stereocenters. The molecule has 222 valence electrons. The average molecular weight is 584 g/mol. The maximum atomic E-state index is 15.2. The summed E-state index contributed by atoms with van der Waals surface area (Å²) < 4.78 is 15.2. The van der Waals surface area contributed by atoms with E-state index >= 15 is 4.39 Å². The van der Waals surface area contributed by atoms with E-state index in [4.69, 9.17) is 0 Å². The molecule has 0 aromatic heterocycles. The van der Waals surface area contributed by atoms with Gasteiger partial charge >= 0.3 is 6.03 Å². The number of urea groups is 1. The van der Waals surface area contributed by atoms with E-state index in [1.165, 1.54) is 11.0 Å². The van der Waals surface area contributed by atoms with Crippen LogP contribution in [0.2, 0.25) is 0 Å². The first-order valence-corrected chi connectivity index (χ1v) is 14.7. The number of nitrogens with zero attached hydrogens (tertiary/aromatic N) is 3. The zero-order chi connectivity index (χ0) is 29.9. The van der Waals surface area contributed by atoms with Crippen molar-refractivity contribution < 1.29 is 23.9 Å². The van der Waals surface area contributed by atoms with E-state index in [1.807, 2.05) is 4.90 Å². The number of carbonyl (C=O) groups is 3. The van der Waals surface area contributed by atoms with Crippen LogP contribution in [-0.2, 0) is 16.2 Å². The monoisotopic (exact) mass is 583 g/mol. The number of rotatable bonds is 6. The van der Waals surface area contributed by atoms with Gasteiger partial charge in [0, 0.05) is 29.9 Å². The first kappa shape index (κ1) is 28.5. The van der Waals surface area contributed by atoms with Crippen LogP contribution < -0.4 is 15.5 Å². The standard InChI is InChI=1S/C33H34FN5O4/c34-27-10-3-1-8-25(27)30-26-9-2-4-11-28(26)39(19-29(41)38-17-21-12-13-22(18-38)15-14-21)32(42)31(36-30)37-33(43)35-24-7-5-6-23(16-24)20-40/h1-11,16,21-22,31,40H,12-15,17-20H2,(H2,35,37,43)/t21?,22?,31-/m0/s1. The molecule has 2 bridgehead atoms. The molecule has 2 saturated heterocycles. The van der Waals surface area contributed by atoms with Gasteiger partial charge in [-0.2, -0.15) is 0 Å². The Balaban J connectivity index is 1.35. The molecule has 1 saturated carbocycles. The predicted octanol–water partition coefficient (Wildman–Crippen LogP) is 4.30. The lowest BCUT2D eigenvalue weighted by Crippen LogP contribution is -2.51. The van der Waals surface area contributed by atoms with Crippen molar-refractivity contribution in [2.45, 2.75) is 38.5 Å². The summed E-state index contributed by atoms with van der Waals surface area (Å²) in [4.78, 5) is 48.9. The molecule has 3 aromatic rings. The van der Waals surface area contributed by atoms with E-state index in [0.717, 1.165) is 25.7 Å². The van der Waals surface area contributed by atoms with E-state index in [1.54, 1.807) is 66.7 Å². The second-order valence-corrected chi connectivity index (χ2v) is 11.4. The minimum absolute atomic E-state index is 0.166. The third kappa shape index (κ3) is 6.15. The van der Waals surface area contributed by atoms with E-state index < -0.39 is 23.9 Å². The molecule has 1 aliphatic carbocycles. The van der Waals surface area contributed by atoms with E-state index in [-0.39, 0.29) is 30.3 Å². The van der Waals surface area contributed by atoms with Crippen LogP contribution in [0.4, 0.5) is 20.6 Å². The number of nitrogens with one attached hydrogen (secondary N) is 2. The van der Waals surface area contributed by atoms with Crippen LogP contribution in [0.25, 0.3) is 0 Å². The number of benzodiazepines with no additional fused rings is 1. The quantitative estimate of drug-likeness (QED) is 0.402. The number of anilines is 2. The van der Waals surface area contributed by atoms with Crippen molar-refractivity contribution in [2.75, 3.05) is 29.9 Å². The lowest BCUT2D eigenvalue weighted by Gasteiger charge is -2.29. The van der Waals surface area contributed by atoms with Gasteiger partial charge in [0.1, 0.15) is 12.4 Å². The molecule has 10 heteroatoms. The van der Waals surface area contributed by atoms with Crippen LogP contribution in [0, 0.1) is 17.7 Å². The number of benzene rings is 3. The van der Waals surface area contributed by atoms with Crippen LogP contribution in [0.1, 0.15) is 42.4 Å². The van der Waals surface area contributed by atoms with Gasteiger partial charge in [0.2, 0.25) is 12.1 Å². The number of aliphatic imine (C=N–C) groups is 1. The van der Waals surface area contributed by atoms with Crippen molar-refractivity contribution in [3.8, 4) is 0 Å². The number of fused-ring (bicyclic) bond motifs is 5. The molecular formula is C33H34FN5O4. The molecule has 0 radical (unpaired) electrons. The summed E-state index contributed by atoms with van der Waals surface area (Å²) in [6.07, 6.45) is 3.00. The fourth-order valence-corrected chi connectivity index (χ4v) is 6.33. The van der Waals surface area contributed by atoms with Crippen LogP contribution in [0.15, 0.2) is 77.8 Å². The average Bonchev–Trinajstić information content (AvgIpc) is 3.40. The second kappa shape index (κ2) is 12.3. The van der Waals surface area contributed by atoms with Gasteiger partial charge in [0.15, 0.2) is 0 Å². The molecule has 7 rings (SSSR count). The van der Waals surface area contributed by atoms with Crippen LogP contribution in [0.5, 0.6) is 0 Å². The van der Waals surface area contributed by atoms with Crippen molar-refractivity contribution >= 4 is 34.9 Å². The highest BCUT2D eigenvalue weighted by Crippen LogP contribution is 2.34. The van der Waals surface area contributed by atoms with Crippen molar-refractivity contribution in [1.82, 2.24) is 10.2 Å². The maximum absolute atomic E-state index is 15.2. The largest absolute Gasteiger partial charge is 0.392 e. The number of hydrogen-bond acceptors (Lipinski definition) is 5. The normalized spacial score (nSPS) is 21.4. The van der Waals surface area contributed by atoms with Crippen LogP contribution in [-0.4, -0.2) is 59.4 Å². The molecule has 1 atom stereocenters. The fraction of sp³-hybridized carbons (Fsp3) is 0.333. The van der Waals surface area contributed by atoms with Crippen molar-refractivity contribution in [1.29, 1.82) is 0 Å². The van der Waals surface area contributed by atoms with E-state index in [2.05, 4.69) is 15.6 Å². The summed E-state index contributed by atoms with van der Waals surface area (Å²) in [6, 6.07) is 19.0. The number of carbonyl (C=O) groups excluding carboxylic acids is 3. The van der Waals surface area contributed by atoms with Gasteiger partial charge in [-0.1, -0.05) is 42.5 Å². The highest BCUT2D eigenvalue weighted by Gasteiger charge is 2.37. The van der Waals surface area contributed by atoms with E-state index in [0.29, 0.717) is 47.4 Å². The molecule has 0 spiro atoms. The van der Waals surface area contributed by atoms with Gasteiger partial charge in [-0.05, 0) is 73.4 Å². The summed E-state index contributed by atoms with van der Waals surface area (Å²) in [6.45, 7) is 0.919. The molecule has 3 fully saturated rings. The van der Waals surface area contributed by atoms with Crippen LogP contribution >= 0.6 is 0 Å². The molecule has 43 heavy (non-hydrogen) atoms. The Morgan fingerprint density at radius 1 is 0.907 bits per heavy atom. The topological polar surface area (TPSA) is 114 Å².